The molecule has 1 amide bonds. The van der Waals surface area contributed by atoms with Gasteiger partial charge in [-0.2, -0.15) is 0 Å². The average Bonchev–Trinajstić information content (AvgIpc) is 2.66. The molecule has 0 bridgehead atoms. The van der Waals surface area contributed by atoms with Gasteiger partial charge >= 0.3 is 0 Å². The summed E-state index contributed by atoms with van der Waals surface area (Å²) < 4.78 is 11.0. The molecule has 1 heterocycles. The van der Waals surface area contributed by atoms with Gasteiger partial charge in [0.1, 0.15) is 11.5 Å². The molecule has 0 aliphatic carbocycles. The van der Waals surface area contributed by atoms with E-state index in [1.807, 2.05) is 29.2 Å². The molecule has 1 aliphatic rings. The summed E-state index contributed by atoms with van der Waals surface area (Å²) in [5.41, 5.74) is 1.06. The third-order valence-electron chi connectivity index (χ3n) is 4.22. The second-order valence-electron chi connectivity index (χ2n) is 5.79. The molecule has 1 fully saturated rings. The Morgan fingerprint density at radius 3 is 2.56 bits per heavy atom. The molecule has 2 aromatic rings. The summed E-state index contributed by atoms with van der Waals surface area (Å²) in [6, 6.07) is 15.0. The molecule has 0 atom stereocenters. The molecule has 0 saturated carbocycles. The highest BCUT2D eigenvalue weighted by Crippen LogP contribution is 2.28. The van der Waals surface area contributed by atoms with Crippen molar-refractivity contribution in [1.29, 1.82) is 0 Å². The molecule has 0 N–H and O–H groups in total. The van der Waals surface area contributed by atoms with Gasteiger partial charge in [0.25, 0.3) is 5.91 Å². The molecular formula is C19H21ClN2O3. The van der Waals surface area contributed by atoms with Crippen molar-refractivity contribution in [2.75, 3.05) is 44.8 Å². The molecule has 2 aromatic carbocycles. The van der Waals surface area contributed by atoms with Crippen LogP contribution >= 0.6 is 11.6 Å². The van der Waals surface area contributed by atoms with Crippen LogP contribution in [0.2, 0.25) is 5.02 Å². The number of anilines is 1. The smallest absolute Gasteiger partial charge is 0.260 e. The fourth-order valence-corrected chi connectivity index (χ4v) is 3.06. The van der Waals surface area contributed by atoms with E-state index in [0.717, 1.165) is 24.5 Å². The van der Waals surface area contributed by atoms with Gasteiger partial charge in [-0.25, -0.2) is 0 Å². The van der Waals surface area contributed by atoms with Crippen molar-refractivity contribution in [3.05, 3.63) is 53.6 Å². The maximum absolute atomic E-state index is 12.3. The van der Waals surface area contributed by atoms with E-state index in [4.69, 9.17) is 21.1 Å². The van der Waals surface area contributed by atoms with Gasteiger partial charge in [-0.3, -0.25) is 4.79 Å². The summed E-state index contributed by atoms with van der Waals surface area (Å²) in [5, 5.41) is 0.593. The minimum Gasteiger partial charge on any atom is -0.495 e. The van der Waals surface area contributed by atoms with E-state index >= 15 is 0 Å². The number of nitrogens with zero attached hydrogens (tertiary/aromatic N) is 2. The largest absolute Gasteiger partial charge is 0.495 e. The number of halogens is 1. The lowest BCUT2D eigenvalue weighted by Crippen LogP contribution is -2.50. The summed E-state index contributed by atoms with van der Waals surface area (Å²) in [6.07, 6.45) is 0. The van der Waals surface area contributed by atoms with E-state index in [2.05, 4.69) is 4.90 Å². The third-order valence-corrected chi connectivity index (χ3v) is 4.45. The van der Waals surface area contributed by atoms with Crippen molar-refractivity contribution in [2.24, 2.45) is 0 Å². The van der Waals surface area contributed by atoms with E-state index in [-0.39, 0.29) is 12.5 Å². The van der Waals surface area contributed by atoms with Crippen molar-refractivity contribution in [2.45, 2.75) is 0 Å². The number of carbonyl (C=O) groups is 1. The average molecular weight is 361 g/mol. The Balaban J connectivity index is 1.52. The summed E-state index contributed by atoms with van der Waals surface area (Å²) in [5.74, 6) is 1.44. The van der Waals surface area contributed by atoms with E-state index < -0.39 is 0 Å². The Morgan fingerprint density at radius 2 is 1.84 bits per heavy atom. The van der Waals surface area contributed by atoms with Gasteiger partial charge in [-0.15, -0.1) is 0 Å². The molecule has 0 aromatic heterocycles. The second-order valence-corrected chi connectivity index (χ2v) is 6.22. The molecular weight excluding hydrogens is 340 g/mol. The van der Waals surface area contributed by atoms with E-state index in [1.54, 1.807) is 31.4 Å². The van der Waals surface area contributed by atoms with Gasteiger partial charge in [0, 0.05) is 31.2 Å². The van der Waals surface area contributed by atoms with Crippen molar-refractivity contribution in [3.63, 3.8) is 0 Å². The molecule has 1 saturated heterocycles. The Labute approximate surface area is 152 Å². The number of rotatable bonds is 5. The Bertz CT molecular complexity index is 730. The minimum atomic E-state index is -0.0142. The predicted octanol–water partition coefficient (Wildman–Crippen LogP) is 3.08. The molecule has 3 rings (SSSR count). The molecule has 0 radical (unpaired) electrons. The van der Waals surface area contributed by atoms with Crippen molar-refractivity contribution in [1.82, 2.24) is 4.90 Å². The third kappa shape index (κ3) is 4.37. The van der Waals surface area contributed by atoms with Gasteiger partial charge in [0.2, 0.25) is 0 Å². The summed E-state index contributed by atoms with van der Waals surface area (Å²) in [4.78, 5) is 16.4. The molecule has 25 heavy (non-hydrogen) atoms. The Morgan fingerprint density at radius 1 is 1.08 bits per heavy atom. The highest BCUT2D eigenvalue weighted by Gasteiger charge is 2.23. The summed E-state index contributed by atoms with van der Waals surface area (Å²) >= 11 is 5.92. The van der Waals surface area contributed by atoms with Gasteiger partial charge in [0.15, 0.2) is 6.61 Å². The first-order valence-corrected chi connectivity index (χ1v) is 8.59. The topological polar surface area (TPSA) is 42.0 Å². The highest BCUT2D eigenvalue weighted by molar-refractivity contribution is 6.30. The van der Waals surface area contributed by atoms with Crippen LogP contribution in [0, 0.1) is 0 Å². The lowest BCUT2D eigenvalue weighted by molar-refractivity contribution is -0.133. The normalized spacial score (nSPS) is 14.3. The minimum absolute atomic E-state index is 0.0142. The number of hydrogen-bond donors (Lipinski definition) is 0. The number of carbonyl (C=O) groups excluding carboxylic acids is 1. The molecule has 6 heteroatoms. The maximum Gasteiger partial charge on any atom is 0.260 e. The summed E-state index contributed by atoms with van der Waals surface area (Å²) in [6.45, 7) is 2.88. The lowest BCUT2D eigenvalue weighted by Gasteiger charge is -2.36. The first-order valence-electron chi connectivity index (χ1n) is 8.21. The zero-order valence-electron chi connectivity index (χ0n) is 14.2. The standard InChI is InChI=1S/C19H21ClN2O3/c1-24-18-8-3-2-7-17(18)21-9-11-22(12-10-21)19(23)14-25-16-6-4-5-15(20)13-16/h2-8,13H,9-12,14H2,1H3. The first-order chi connectivity index (χ1) is 12.2. The van der Waals surface area contributed by atoms with Gasteiger partial charge in [0.05, 0.1) is 12.8 Å². The van der Waals surface area contributed by atoms with Crippen molar-refractivity contribution >= 4 is 23.2 Å². The SMILES string of the molecule is COc1ccccc1N1CCN(C(=O)COc2cccc(Cl)c2)CC1. The monoisotopic (exact) mass is 360 g/mol. The van der Waals surface area contributed by atoms with Crippen LogP contribution < -0.4 is 14.4 Å². The van der Waals surface area contributed by atoms with Crippen LogP contribution in [-0.4, -0.2) is 50.7 Å². The molecule has 132 valence electrons. The number of ether oxygens (including phenoxy) is 2. The fourth-order valence-electron chi connectivity index (χ4n) is 2.88. The van der Waals surface area contributed by atoms with Crippen LogP contribution in [0.3, 0.4) is 0 Å². The second kappa shape index (κ2) is 8.12. The van der Waals surface area contributed by atoms with E-state index in [0.29, 0.717) is 23.9 Å². The van der Waals surface area contributed by atoms with Crippen LogP contribution in [0.25, 0.3) is 0 Å². The van der Waals surface area contributed by atoms with Gasteiger partial charge in [-0.1, -0.05) is 29.8 Å². The van der Waals surface area contributed by atoms with Crippen molar-refractivity contribution < 1.29 is 14.3 Å². The first kappa shape index (κ1) is 17.4. The number of para-hydroxylation sites is 2. The summed E-state index contributed by atoms with van der Waals surface area (Å²) in [7, 11) is 1.67. The zero-order chi connectivity index (χ0) is 17.6. The fraction of sp³-hybridized carbons (Fsp3) is 0.316. The molecule has 5 nitrogen and oxygen atoms in total. The van der Waals surface area contributed by atoms with Gasteiger partial charge in [-0.05, 0) is 30.3 Å². The molecule has 1 aliphatic heterocycles. The number of piperazine rings is 1. The Hall–Kier alpha value is -2.40. The van der Waals surface area contributed by atoms with E-state index in [9.17, 15) is 4.79 Å². The van der Waals surface area contributed by atoms with E-state index in [1.165, 1.54) is 0 Å². The molecule has 0 spiro atoms. The maximum atomic E-state index is 12.3. The van der Waals surface area contributed by atoms with Crippen molar-refractivity contribution in [3.8, 4) is 11.5 Å². The van der Waals surface area contributed by atoms with Gasteiger partial charge < -0.3 is 19.3 Å². The van der Waals surface area contributed by atoms with Crippen LogP contribution in [0.15, 0.2) is 48.5 Å². The number of benzene rings is 2. The lowest BCUT2D eigenvalue weighted by atomic mass is 10.2. The predicted molar refractivity (Wildman–Crippen MR) is 98.7 cm³/mol. The highest BCUT2D eigenvalue weighted by atomic mass is 35.5. The zero-order valence-corrected chi connectivity index (χ0v) is 14.9. The number of methoxy groups -OCH3 is 1. The van der Waals surface area contributed by atoms with Crippen LogP contribution in [0.1, 0.15) is 0 Å². The molecule has 0 unspecified atom stereocenters. The van der Waals surface area contributed by atoms with Crippen LogP contribution in [-0.2, 0) is 4.79 Å². The van der Waals surface area contributed by atoms with Crippen LogP contribution in [0.5, 0.6) is 11.5 Å². The van der Waals surface area contributed by atoms with Crippen LogP contribution in [0.4, 0.5) is 5.69 Å². The number of hydrogen-bond acceptors (Lipinski definition) is 4. The quantitative estimate of drug-likeness (QED) is 0.821. The number of amides is 1. The Kier molecular flexibility index (Phi) is 5.66.